The van der Waals surface area contributed by atoms with Crippen molar-refractivity contribution in [1.82, 2.24) is 5.32 Å². The third-order valence-electron chi connectivity index (χ3n) is 2.28. The van der Waals surface area contributed by atoms with E-state index in [2.05, 4.69) is 0 Å². The molecule has 0 radical (unpaired) electrons. The highest BCUT2D eigenvalue weighted by atomic mass is 19.4. The van der Waals surface area contributed by atoms with Gasteiger partial charge in [0.05, 0.1) is 6.61 Å². The van der Waals surface area contributed by atoms with Gasteiger partial charge in [-0.3, -0.25) is 0 Å². The zero-order chi connectivity index (χ0) is 9.90. The van der Waals surface area contributed by atoms with Crippen LogP contribution in [0.2, 0.25) is 0 Å². The SMILES string of the molecule is CC1CCCOC[C@H]1NC(F)(F)F. The van der Waals surface area contributed by atoms with E-state index in [9.17, 15) is 13.2 Å². The van der Waals surface area contributed by atoms with Gasteiger partial charge in [0, 0.05) is 12.6 Å². The standard InChI is InChI=1S/C8H14F3NO/c1-6-3-2-4-13-5-7(6)12-8(9,10)11/h6-7,12H,2-5H2,1H3/t6?,7-/m1/s1. The van der Waals surface area contributed by atoms with Crippen molar-refractivity contribution in [3.8, 4) is 0 Å². The summed E-state index contributed by atoms with van der Waals surface area (Å²) in [6.07, 6.45) is -2.67. The molecule has 1 aliphatic heterocycles. The Hall–Kier alpha value is -0.290. The van der Waals surface area contributed by atoms with Crippen molar-refractivity contribution in [3.05, 3.63) is 0 Å². The Kier molecular flexibility index (Phi) is 3.55. The second-order valence-corrected chi connectivity index (χ2v) is 3.44. The summed E-state index contributed by atoms with van der Waals surface area (Å²) >= 11 is 0. The summed E-state index contributed by atoms with van der Waals surface area (Å²) in [7, 11) is 0. The number of hydrogen-bond acceptors (Lipinski definition) is 2. The zero-order valence-corrected chi connectivity index (χ0v) is 7.53. The van der Waals surface area contributed by atoms with Gasteiger partial charge in [0.2, 0.25) is 0 Å². The fourth-order valence-corrected chi connectivity index (χ4v) is 1.48. The summed E-state index contributed by atoms with van der Waals surface area (Å²) in [5, 5.41) is 1.62. The average Bonchev–Trinajstić information content (AvgIpc) is 2.14. The summed E-state index contributed by atoms with van der Waals surface area (Å²) in [6, 6.07) is -0.595. The fourth-order valence-electron chi connectivity index (χ4n) is 1.48. The molecule has 5 heteroatoms. The summed E-state index contributed by atoms with van der Waals surface area (Å²) in [4.78, 5) is 0. The average molecular weight is 197 g/mol. The van der Waals surface area contributed by atoms with E-state index >= 15 is 0 Å². The van der Waals surface area contributed by atoms with Crippen LogP contribution in [-0.2, 0) is 4.74 Å². The maximum absolute atomic E-state index is 12.0. The normalized spacial score (nSPS) is 31.4. The number of hydrogen-bond donors (Lipinski definition) is 1. The smallest absolute Gasteiger partial charge is 0.380 e. The van der Waals surface area contributed by atoms with E-state index in [4.69, 9.17) is 4.74 Å². The first-order valence-electron chi connectivity index (χ1n) is 4.41. The molecular weight excluding hydrogens is 183 g/mol. The van der Waals surface area contributed by atoms with E-state index in [1.165, 1.54) is 0 Å². The molecule has 1 rings (SSSR count). The molecule has 13 heavy (non-hydrogen) atoms. The minimum atomic E-state index is -4.30. The van der Waals surface area contributed by atoms with Crippen LogP contribution in [0.15, 0.2) is 0 Å². The Balaban J connectivity index is 2.45. The third-order valence-corrected chi connectivity index (χ3v) is 2.28. The van der Waals surface area contributed by atoms with Gasteiger partial charge in [-0.1, -0.05) is 6.92 Å². The first kappa shape index (κ1) is 10.8. The maximum atomic E-state index is 12.0. The van der Waals surface area contributed by atoms with E-state index in [0.29, 0.717) is 6.61 Å². The topological polar surface area (TPSA) is 21.3 Å². The zero-order valence-electron chi connectivity index (χ0n) is 7.53. The quantitative estimate of drug-likeness (QED) is 0.648. The highest BCUT2D eigenvalue weighted by Crippen LogP contribution is 2.20. The van der Waals surface area contributed by atoms with Crippen LogP contribution in [0.4, 0.5) is 13.2 Å². The minimum absolute atomic E-state index is 0.0177. The number of nitrogens with one attached hydrogen (secondary N) is 1. The number of halogens is 3. The fraction of sp³-hybridized carbons (Fsp3) is 1.00. The van der Waals surface area contributed by atoms with Crippen LogP contribution in [0, 0.1) is 5.92 Å². The molecule has 0 aromatic rings. The van der Waals surface area contributed by atoms with Gasteiger partial charge < -0.3 is 4.74 Å². The van der Waals surface area contributed by atoms with Gasteiger partial charge in [0.15, 0.2) is 0 Å². The van der Waals surface area contributed by atoms with E-state index in [0.717, 1.165) is 12.8 Å². The lowest BCUT2D eigenvalue weighted by molar-refractivity contribution is -0.170. The van der Waals surface area contributed by atoms with Gasteiger partial charge in [-0.05, 0) is 18.8 Å². The highest BCUT2D eigenvalue weighted by molar-refractivity contribution is 4.76. The Labute approximate surface area is 75.4 Å². The van der Waals surface area contributed by atoms with Gasteiger partial charge in [-0.2, -0.15) is 13.2 Å². The summed E-state index contributed by atoms with van der Waals surface area (Å²) in [5.74, 6) is 0.0177. The molecule has 2 atom stereocenters. The van der Waals surface area contributed by atoms with Gasteiger partial charge in [0.25, 0.3) is 0 Å². The lowest BCUT2D eigenvalue weighted by Gasteiger charge is -2.23. The Morgan fingerprint density at radius 3 is 2.69 bits per heavy atom. The molecule has 1 aliphatic rings. The van der Waals surface area contributed by atoms with Gasteiger partial charge in [-0.15, -0.1) is 0 Å². The molecular formula is C8H14F3NO. The Morgan fingerprint density at radius 2 is 2.08 bits per heavy atom. The number of ether oxygens (including phenoxy) is 1. The molecule has 1 fully saturated rings. The Morgan fingerprint density at radius 1 is 1.38 bits per heavy atom. The van der Waals surface area contributed by atoms with Crippen molar-refractivity contribution < 1.29 is 17.9 Å². The molecule has 1 heterocycles. The van der Waals surface area contributed by atoms with Crippen LogP contribution >= 0.6 is 0 Å². The van der Waals surface area contributed by atoms with Crippen LogP contribution in [0.25, 0.3) is 0 Å². The third kappa shape index (κ3) is 3.95. The van der Waals surface area contributed by atoms with Crippen LogP contribution in [0.3, 0.4) is 0 Å². The van der Waals surface area contributed by atoms with E-state index in [-0.39, 0.29) is 12.5 Å². The van der Waals surface area contributed by atoms with Crippen molar-refractivity contribution in [2.24, 2.45) is 5.92 Å². The summed E-state index contributed by atoms with van der Waals surface area (Å²) < 4.78 is 41.0. The molecule has 78 valence electrons. The van der Waals surface area contributed by atoms with Crippen LogP contribution in [0.1, 0.15) is 19.8 Å². The summed E-state index contributed by atoms with van der Waals surface area (Å²) in [5.41, 5.74) is 0. The molecule has 0 aromatic carbocycles. The van der Waals surface area contributed by atoms with Crippen LogP contribution in [0.5, 0.6) is 0 Å². The molecule has 1 unspecified atom stereocenters. The Bertz CT molecular complexity index is 160. The van der Waals surface area contributed by atoms with E-state index in [1.54, 1.807) is 5.32 Å². The van der Waals surface area contributed by atoms with Gasteiger partial charge >= 0.3 is 6.30 Å². The first-order chi connectivity index (χ1) is 5.99. The predicted molar refractivity (Wildman–Crippen MR) is 42.2 cm³/mol. The highest BCUT2D eigenvalue weighted by Gasteiger charge is 2.33. The van der Waals surface area contributed by atoms with Crippen LogP contribution in [-0.4, -0.2) is 25.6 Å². The molecule has 0 aromatic heterocycles. The molecule has 2 nitrogen and oxygen atoms in total. The van der Waals surface area contributed by atoms with Crippen molar-refractivity contribution in [2.75, 3.05) is 13.2 Å². The maximum Gasteiger partial charge on any atom is 0.457 e. The van der Waals surface area contributed by atoms with Crippen molar-refractivity contribution >= 4 is 0 Å². The number of alkyl halides is 3. The molecule has 1 saturated heterocycles. The van der Waals surface area contributed by atoms with Crippen molar-refractivity contribution in [3.63, 3.8) is 0 Å². The lowest BCUT2D eigenvalue weighted by Crippen LogP contribution is -2.46. The molecule has 1 N–H and O–H groups in total. The predicted octanol–water partition coefficient (Wildman–Crippen LogP) is 1.91. The molecule has 0 amide bonds. The van der Waals surface area contributed by atoms with Crippen molar-refractivity contribution in [1.29, 1.82) is 0 Å². The molecule has 0 aliphatic carbocycles. The lowest BCUT2D eigenvalue weighted by atomic mass is 9.98. The molecule has 0 saturated carbocycles. The van der Waals surface area contributed by atoms with Gasteiger partial charge in [-0.25, -0.2) is 5.32 Å². The van der Waals surface area contributed by atoms with E-state index in [1.807, 2.05) is 6.92 Å². The van der Waals surface area contributed by atoms with E-state index < -0.39 is 12.3 Å². The number of rotatable bonds is 1. The van der Waals surface area contributed by atoms with Crippen molar-refractivity contribution in [2.45, 2.75) is 32.1 Å². The van der Waals surface area contributed by atoms with Crippen LogP contribution < -0.4 is 5.32 Å². The minimum Gasteiger partial charge on any atom is -0.380 e. The second-order valence-electron chi connectivity index (χ2n) is 3.44. The molecule has 0 bridgehead atoms. The second kappa shape index (κ2) is 4.28. The first-order valence-corrected chi connectivity index (χ1v) is 4.41. The molecule has 0 spiro atoms. The monoisotopic (exact) mass is 197 g/mol. The summed E-state index contributed by atoms with van der Waals surface area (Å²) in [6.45, 7) is 2.54. The van der Waals surface area contributed by atoms with Gasteiger partial charge in [0.1, 0.15) is 0 Å². The largest absolute Gasteiger partial charge is 0.457 e.